The van der Waals surface area contributed by atoms with Crippen molar-refractivity contribution in [1.82, 2.24) is 4.90 Å². The maximum absolute atomic E-state index is 13.1. The van der Waals surface area contributed by atoms with Crippen LogP contribution in [0.1, 0.15) is 18.4 Å². The number of Topliss-reactive ketones (excluding diaryl/α,β-unsaturated/α-hetero) is 1. The van der Waals surface area contributed by atoms with Gasteiger partial charge in [0.2, 0.25) is 0 Å². The lowest BCUT2D eigenvalue weighted by Crippen LogP contribution is -2.41. The molecule has 0 radical (unpaired) electrons. The summed E-state index contributed by atoms with van der Waals surface area (Å²) in [6.45, 7) is 0.743. The standard InChI is InChI=1S/C13H15F2NO/c1-16-5-4-11(17)8-10(16)6-9-2-3-12(14)13(15)7-9/h2-3,7,10H,4-6,8H2,1H3. The molecule has 1 unspecified atom stereocenters. The fourth-order valence-electron chi connectivity index (χ4n) is 2.17. The monoisotopic (exact) mass is 239 g/mol. The Balaban J connectivity index is 2.08. The summed E-state index contributed by atoms with van der Waals surface area (Å²) >= 11 is 0. The van der Waals surface area contributed by atoms with Crippen LogP contribution in [0.15, 0.2) is 18.2 Å². The molecule has 1 aliphatic heterocycles. The number of hydrogen-bond acceptors (Lipinski definition) is 2. The molecule has 1 aromatic rings. The minimum absolute atomic E-state index is 0.0983. The van der Waals surface area contributed by atoms with Gasteiger partial charge in [0.05, 0.1) is 0 Å². The van der Waals surface area contributed by atoms with E-state index >= 15 is 0 Å². The quantitative estimate of drug-likeness (QED) is 0.788. The van der Waals surface area contributed by atoms with E-state index in [0.717, 1.165) is 18.2 Å². The van der Waals surface area contributed by atoms with Crippen molar-refractivity contribution in [3.63, 3.8) is 0 Å². The first-order valence-corrected chi connectivity index (χ1v) is 5.72. The summed E-state index contributed by atoms with van der Waals surface area (Å²) in [5.74, 6) is -1.41. The van der Waals surface area contributed by atoms with Gasteiger partial charge in [-0.3, -0.25) is 4.79 Å². The Morgan fingerprint density at radius 1 is 1.35 bits per heavy atom. The van der Waals surface area contributed by atoms with Crippen LogP contribution in [0.25, 0.3) is 0 Å². The van der Waals surface area contributed by atoms with Crippen LogP contribution in [0, 0.1) is 11.6 Å². The SMILES string of the molecule is CN1CCC(=O)CC1Cc1ccc(F)c(F)c1. The molecule has 0 saturated carbocycles. The molecular formula is C13H15F2NO. The normalized spacial score (nSPS) is 21.8. The number of halogens is 2. The molecule has 0 aliphatic carbocycles. The molecule has 4 heteroatoms. The van der Waals surface area contributed by atoms with Gasteiger partial charge in [-0.15, -0.1) is 0 Å². The minimum Gasteiger partial charge on any atom is -0.302 e. The van der Waals surface area contributed by atoms with E-state index in [0.29, 0.717) is 19.3 Å². The zero-order valence-corrected chi connectivity index (χ0v) is 9.75. The van der Waals surface area contributed by atoms with Gasteiger partial charge in [0, 0.05) is 25.4 Å². The molecule has 1 fully saturated rings. The van der Waals surface area contributed by atoms with Crippen molar-refractivity contribution in [1.29, 1.82) is 0 Å². The first kappa shape index (κ1) is 12.2. The lowest BCUT2D eigenvalue weighted by molar-refractivity contribution is -0.122. The molecule has 0 bridgehead atoms. The molecule has 1 saturated heterocycles. The van der Waals surface area contributed by atoms with Crippen LogP contribution in [0.5, 0.6) is 0 Å². The molecule has 0 amide bonds. The summed E-state index contributed by atoms with van der Waals surface area (Å²) in [5.41, 5.74) is 0.732. The topological polar surface area (TPSA) is 20.3 Å². The van der Waals surface area contributed by atoms with Gasteiger partial charge in [-0.05, 0) is 31.2 Å². The van der Waals surface area contributed by atoms with E-state index in [1.54, 1.807) is 6.07 Å². The number of benzene rings is 1. The highest BCUT2D eigenvalue weighted by Crippen LogP contribution is 2.18. The van der Waals surface area contributed by atoms with E-state index in [4.69, 9.17) is 0 Å². The molecular weight excluding hydrogens is 224 g/mol. The fourth-order valence-corrected chi connectivity index (χ4v) is 2.17. The van der Waals surface area contributed by atoms with Crippen LogP contribution in [-0.4, -0.2) is 30.3 Å². The van der Waals surface area contributed by atoms with Crippen LogP contribution in [0.4, 0.5) is 8.78 Å². The van der Waals surface area contributed by atoms with E-state index in [-0.39, 0.29) is 11.8 Å². The zero-order chi connectivity index (χ0) is 12.4. The average Bonchev–Trinajstić information content (AvgIpc) is 2.29. The van der Waals surface area contributed by atoms with Crippen molar-refractivity contribution in [3.05, 3.63) is 35.4 Å². The molecule has 1 aromatic carbocycles. The zero-order valence-electron chi connectivity index (χ0n) is 9.75. The molecule has 1 atom stereocenters. The summed E-state index contributed by atoms with van der Waals surface area (Å²) in [4.78, 5) is 13.5. The number of likely N-dealkylation sites (tertiary alicyclic amines) is 1. The second-order valence-corrected chi connectivity index (χ2v) is 4.58. The Bertz CT molecular complexity index is 433. The Hall–Kier alpha value is -1.29. The lowest BCUT2D eigenvalue weighted by Gasteiger charge is -2.31. The number of hydrogen-bond donors (Lipinski definition) is 0. The highest BCUT2D eigenvalue weighted by molar-refractivity contribution is 5.80. The highest BCUT2D eigenvalue weighted by Gasteiger charge is 2.24. The summed E-state index contributed by atoms with van der Waals surface area (Å²) in [6, 6.07) is 4.02. The third-order valence-electron chi connectivity index (χ3n) is 3.29. The first-order valence-electron chi connectivity index (χ1n) is 5.72. The molecule has 0 N–H and O–H groups in total. The summed E-state index contributed by atoms with van der Waals surface area (Å²) < 4.78 is 25.8. The third kappa shape index (κ3) is 2.88. The van der Waals surface area contributed by atoms with Crippen molar-refractivity contribution < 1.29 is 13.6 Å². The smallest absolute Gasteiger partial charge is 0.159 e. The van der Waals surface area contributed by atoms with E-state index < -0.39 is 11.6 Å². The number of ketones is 1. The van der Waals surface area contributed by atoms with Gasteiger partial charge in [0.1, 0.15) is 5.78 Å². The molecule has 92 valence electrons. The van der Waals surface area contributed by atoms with E-state index in [1.807, 2.05) is 7.05 Å². The fraction of sp³-hybridized carbons (Fsp3) is 0.462. The summed E-state index contributed by atoms with van der Waals surface area (Å²) in [6.07, 6.45) is 1.67. The van der Waals surface area contributed by atoms with Crippen LogP contribution in [0.3, 0.4) is 0 Å². The van der Waals surface area contributed by atoms with Gasteiger partial charge in [-0.25, -0.2) is 8.78 Å². The summed E-state index contributed by atoms with van der Waals surface area (Å²) in [7, 11) is 1.96. The van der Waals surface area contributed by atoms with E-state index in [9.17, 15) is 13.6 Å². The van der Waals surface area contributed by atoms with Crippen molar-refractivity contribution in [2.24, 2.45) is 0 Å². The Morgan fingerprint density at radius 2 is 2.12 bits per heavy atom. The Morgan fingerprint density at radius 3 is 2.82 bits per heavy atom. The highest BCUT2D eigenvalue weighted by atomic mass is 19.2. The number of piperidine rings is 1. The molecule has 2 nitrogen and oxygen atoms in total. The van der Waals surface area contributed by atoms with E-state index in [1.165, 1.54) is 6.07 Å². The van der Waals surface area contributed by atoms with Crippen molar-refractivity contribution >= 4 is 5.78 Å². The number of carbonyl (C=O) groups is 1. The van der Waals surface area contributed by atoms with Gasteiger partial charge in [0.15, 0.2) is 11.6 Å². The number of likely N-dealkylation sites (N-methyl/N-ethyl adjacent to an activating group) is 1. The predicted octanol–water partition coefficient (Wildman–Crippen LogP) is 2.17. The summed E-state index contributed by atoms with van der Waals surface area (Å²) in [5, 5.41) is 0. The predicted molar refractivity (Wildman–Crippen MR) is 60.7 cm³/mol. The Labute approximate surface area is 99.2 Å². The van der Waals surface area contributed by atoms with Gasteiger partial charge < -0.3 is 4.90 Å². The van der Waals surface area contributed by atoms with Crippen molar-refractivity contribution in [2.75, 3.05) is 13.6 Å². The van der Waals surface area contributed by atoms with Crippen LogP contribution in [-0.2, 0) is 11.2 Å². The first-order chi connectivity index (χ1) is 8.06. The average molecular weight is 239 g/mol. The number of rotatable bonds is 2. The van der Waals surface area contributed by atoms with Crippen LogP contribution >= 0.6 is 0 Å². The van der Waals surface area contributed by atoms with Crippen LogP contribution < -0.4 is 0 Å². The molecule has 2 rings (SSSR count). The molecule has 17 heavy (non-hydrogen) atoms. The lowest BCUT2D eigenvalue weighted by atomic mass is 9.95. The number of carbonyl (C=O) groups excluding carboxylic acids is 1. The second-order valence-electron chi connectivity index (χ2n) is 4.58. The molecule has 1 aliphatic rings. The maximum atomic E-state index is 13.1. The van der Waals surface area contributed by atoms with Crippen LogP contribution in [0.2, 0.25) is 0 Å². The largest absolute Gasteiger partial charge is 0.302 e. The van der Waals surface area contributed by atoms with Gasteiger partial charge >= 0.3 is 0 Å². The molecule has 0 spiro atoms. The van der Waals surface area contributed by atoms with Crippen molar-refractivity contribution in [2.45, 2.75) is 25.3 Å². The number of nitrogens with zero attached hydrogens (tertiary/aromatic N) is 1. The Kier molecular flexibility index (Phi) is 3.52. The minimum atomic E-state index is -0.832. The van der Waals surface area contributed by atoms with Crippen molar-refractivity contribution in [3.8, 4) is 0 Å². The van der Waals surface area contributed by atoms with Gasteiger partial charge in [0.25, 0.3) is 0 Å². The van der Waals surface area contributed by atoms with Gasteiger partial charge in [-0.1, -0.05) is 6.07 Å². The molecule has 1 heterocycles. The maximum Gasteiger partial charge on any atom is 0.159 e. The second kappa shape index (κ2) is 4.92. The third-order valence-corrected chi connectivity index (χ3v) is 3.29. The van der Waals surface area contributed by atoms with E-state index in [2.05, 4.69) is 4.90 Å². The molecule has 0 aromatic heterocycles. The van der Waals surface area contributed by atoms with Gasteiger partial charge in [-0.2, -0.15) is 0 Å².